The third kappa shape index (κ3) is 1.60. The highest BCUT2D eigenvalue weighted by Crippen LogP contribution is 2.55. The van der Waals surface area contributed by atoms with Crippen molar-refractivity contribution in [2.45, 2.75) is 38.5 Å². The Hall–Kier alpha value is -1.78. The molecule has 4 rings (SSSR count). The zero-order valence-electron chi connectivity index (χ0n) is 10.8. The third-order valence-electron chi connectivity index (χ3n) is 5.09. The van der Waals surface area contributed by atoms with Crippen molar-refractivity contribution in [3.8, 4) is 0 Å². The van der Waals surface area contributed by atoms with Crippen molar-refractivity contribution in [2.75, 3.05) is 5.73 Å². The Bertz CT molecular complexity index is 691. The smallest absolute Gasteiger partial charge is 0.276 e. The molecular formula is C14H18N4O. The average Bonchev–Trinajstić information content (AvgIpc) is 3.05. The van der Waals surface area contributed by atoms with Gasteiger partial charge < -0.3 is 10.7 Å². The Labute approximate surface area is 110 Å². The molecule has 2 aromatic rings. The molecular weight excluding hydrogens is 240 g/mol. The normalized spacial score (nSPS) is 29.4. The topological polar surface area (TPSA) is 87.6 Å². The average molecular weight is 258 g/mol. The quantitative estimate of drug-likeness (QED) is 0.769. The van der Waals surface area contributed by atoms with Crippen molar-refractivity contribution in [3.63, 3.8) is 0 Å². The first kappa shape index (κ1) is 11.1. The highest BCUT2D eigenvalue weighted by molar-refractivity contribution is 5.78. The van der Waals surface area contributed by atoms with Gasteiger partial charge >= 0.3 is 0 Å². The van der Waals surface area contributed by atoms with Gasteiger partial charge in [-0.3, -0.25) is 9.78 Å². The molecule has 2 heterocycles. The summed E-state index contributed by atoms with van der Waals surface area (Å²) in [5, 5.41) is 0. The Morgan fingerprint density at radius 2 is 2.21 bits per heavy atom. The molecule has 0 spiro atoms. The molecule has 5 heteroatoms. The molecule has 2 aromatic heterocycles. The zero-order valence-corrected chi connectivity index (χ0v) is 10.8. The fraction of sp³-hybridized carbons (Fsp3) is 0.571. The van der Waals surface area contributed by atoms with Crippen molar-refractivity contribution in [3.05, 3.63) is 22.1 Å². The summed E-state index contributed by atoms with van der Waals surface area (Å²) in [5.74, 6) is 1.14. The fourth-order valence-electron chi connectivity index (χ4n) is 4.18. The van der Waals surface area contributed by atoms with E-state index in [-0.39, 0.29) is 11.5 Å². The van der Waals surface area contributed by atoms with Gasteiger partial charge in [0.1, 0.15) is 11.0 Å². The van der Waals surface area contributed by atoms with Crippen LogP contribution in [0.2, 0.25) is 0 Å². The summed E-state index contributed by atoms with van der Waals surface area (Å²) in [4.78, 5) is 21.7. The highest BCUT2D eigenvalue weighted by Gasteiger charge is 2.44. The molecule has 2 saturated carbocycles. The first-order valence-electron chi connectivity index (χ1n) is 7.01. The van der Waals surface area contributed by atoms with Gasteiger partial charge in [0.25, 0.3) is 5.56 Å². The Morgan fingerprint density at radius 3 is 2.89 bits per heavy atom. The first-order valence-corrected chi connectivity index (χ1v) is 7.01. The van der Waals surface area contributed by atoms with E-state index >= 15 is 0 Å². The number of rotatable bonds is 2. The summed E-state index contributed by atoms with van der Waals surface area (Å²) in [6.45, 7) is 0. The summed E-state index contributed by atoms with van der Waals surface area (Å²) >= 11 is 0. The maximum Gasteiger partial charge on any atom is 0.276 e. The minimum atomic E-state index is -0.179. The number of H-pyrrole nitrogens is 2. The SMILES string of the molecule is Nc1nc2c(CC34CCC(CC3)C4)c[nH]c2c(=O)[nH]1. The van der Waals surface area contributed by atoms with Crippen LogP contribution in [-0.4, -0.2) is 15.0 Å². The van der Waals surface area contributed by atoms with Crippen LogP contribution in [0.5, 0.6) is 0 Å². The molecule has 0 amide bonds. The number of hydrogen-bond acceptors (Lipinski definition) is 3. The fourth-order valence-corrected chi connectivity index (χ4v) is 4.18. The molecule has 100 valence electrons. The molecule has 0 unspecified atom stereocenters. The van der Waals surface area contributed by atoms with Crippen LogP contribution in [0.4, 0.5) is 5.95 Å². The predicted octanol–water partition coefficient (Wildman–Crippen LogP) is 1.96. The maximum atomic E-state index is 11.8. The molecule has 2 fully saturated rings. The number of nitrogen functional groups attached to an aromatic ring is 1. The summed E-state index contributed by atoms with van der Waals surface area (Å²) in [6, 6.07) is 0. The molecule has 0 aromatic carbocycles. The predicted molar refractivity (Wildman–Crippen MR) is 73.8 cm³/mol. The second-order valence-corrected chi connectivity index (χ2v) is 6.31. The molecule has 4 N–H and O–H groups in total. The van der Waals surface area contributed by atoms with Crippen molar-refractivity contribution >= 4 is 17.0 Å². The van der Waals surface area contributed by atoms with Gasteiger partial charge in [0.05, 0.1) is 0 Å². The second kappa shape index (κ2) is 3.62. The van der Waals surface area contributed by atoms with Crippen LogP contribution in [0.25, 0.3) is 11.0 Å². The molecule has 0 atom stereocenters. The van der Waals surface area contributed by atoms with Gasteiger partial charge in [-0.25, -0.2) is 4.98 Å². The number of nitrogens with two attached hydrogens (primary N) is 1. The molecule has 0 saturated heterocycles. The number of anilines is 1. The van der Waals surface area contributed by atoms with Crippen molar-refractivity contribution < 1.29 is 0 Å². The van der Waals surface area contributed by atoms with Gasteiger partial charge in [-0.05, 0) is 55.4 Å². The standard InChI is InChI=1S/C14H18N4O/c15-13-17-10-9(7-16-11(10)12(19)18-13)6-14-3-1-8(5-14)2-4-14/h7-8,16H,1-6H2,(H3,15,17,18,19). The van der Waals surface area contributed by atoms with Crippen LogP contribution in [0, 0.1) is 11.3 Å². The highest BCUT2D eigenvalue weighted by atomic mass is 16.1. The number of aromatic amines is 2. The van der Waals surface area contributed by atoms with E-state index in [2.05, 4.69) is 15.0 Å². The lowest BCUT2D eigenvalue weighted by atomic mass is 9.79. The van der Waals surface area contributed by atoms with E-state index in [9.17, 15) is 4.79 Å². The van der Waals surface area contributed by atoms with E-state index in [0.717, 1.165) is 23.4 Å². The van der Waals surface area contributed by atoms with E-state index in [1.165, 1.54) is 32.1 Å². The van der Waals surface area contributed by atoms with E-state index < -0.39 is 0 Å². The molecule has 5 nitrogen and oxygen atoms in total. The van der Waals surface area contributed by atoms with Crippen molar-refractivity contribution in [1.29, 1.82) is 0 Å². The van der Waals surface area contributed by atoms with Gasteiger partial charge in [-0.1, -0.05) is 0 Å². The molecule has 2 aliphatic rings. The van der Waals surface area contributed by atoms with E-state index in [1.807, 2.05) is 6.20 Å². The minimum absolute atomic E-state index is 0.179. The number of nitrogens with one attached hydrogen (secondary N) is 2. The lowest BCUT2D eigenvalue weighted by molar-refractivity contribution is 0.293. The van der Waals surface area contributed by atoms with Gasteiger partial charge in [-0.15, -0.1) is 0 Å². The van der Waals surface area contributed by atoms with Crippen LogP contribution in [0.15, 0.2) is 11.0 Å². The first-order chi connectivity index (χ1) is 9.15. The van der Waals surface area contributed by atoms with Gasteiger partial charge in [0.2, 0.25) is 5.95 Å². The van der Waals surface area contributed by atoms with Crippen LogP contribution < -0.4 is 11.3 Å². The lowest BCUT2D eigenvalue weighted by Crippen LogP contribution is -2.17. The van der Waals surface area contributed by atoms with Crippen LogP contribution in [-0.2, 0) is 6.42 Å². The molecule has 2 bridgehead atoms. The number of hydrogen-bond donors (Lipinski definition) is 3. The van der Waals surface area contributed by atoms with Gasteiger partial charge in [-0.2, -0.15) is 0 Å². The Morgan fingerprint density at radius 1 is 1.42 bits per heavy atom. The van der Waals surface area contributed by atoms with Crippen molar-refractivity contribution in [1.82, 2.24) is 15.0 Å². The number of fused-ring (bicyclic) bond motifs is 3. The lowest BCUT2D eigenvalue weighted by Gasteiger charge is -2.25. The Kier molecular flexibility index (Phi) is 2.11. The monoisotopic (exact) mass is 258 g/mol. The molecule has 0 radical (unpaired) electrons. The minimum Gasteiger partial charge on any atom is -0.369 e. The summed E-state index contributed by atoms with van der Waals surface area (Å²) in [7, 11) is 0. The number of nitrogens with zero attached hydrogens (tertiary/aromatic N) is 1. The van der Waals surface area contributed by atoms with Crippen molar-refractivity contribution in [2.24, 2.45) is 11.3 Å². The summed E-state index contributed by atoms with van der Waals surface area (Å²) in [5.41, 5.74) is 8.39. The molecule has 0 aliphatic heterocycles. The van der Waals surface area contributed by atoms with E-state index in [0.29, 0.717) is 10.9 Å². The zero-order chi connectivity index (χ0) is 13.0. The third-order valence-corrected chi connectivity index (χ3v) is 5.09. The van der Waals surface area contributed by atoms with Crippen LogP contribution >= 0.6 is 0 Å². The summed E-state index contributed by atoms with van der Waals surface area (Å²) in [6.07, 6.45) is 9.70. The number of aromatic nitrogens is 3. The summed E-state index contributed by atoms with van der Waals surface area (Å²) < 4.78 is 0. The largest absolute Gasteiger partial charge is 0.369 e. The van der Waals surface area contributed by atoms with Crippen LogP contribution in [0.1, 0.15) is 37.7 Å². The van der Waals surface area contributed by atoms with E-state index in [1.54, 1.807) is 0 Å². The van der Waals surface area contributed by atoms with Gasteiger partial charge in [0, 0.05) is 6.20 Å². The van der Waals surface area contributed by atoms with Crippen LogP contribution in [0.3, 0.4) is 0 Å². The van der Waals surface area contributed by atoms with Gasteiger partial charge in [0.15, 0.2) is 0 Å². The Balaban J connectivity index is 1.78. The molecule has 19 heavy (non-hydrogen) atoms. The molecule has 2 aliphatic carbocycles. The second-order valence-electron chi connectivity index (χ2n) is 6.31. The van der Waals surface area contributed by atoms with E-state index in [4.69, 9.17) is 5.73 Å². The maximum absolute atomic E-state index is 11.8.